The van der Waals surface area contributed by atoms with Crippen LogP contribution in [0.15, 0.2) is 126 Å². The fourth-order valence-corrected chi connectivity index (χ4v) is 5.54. The molecule has 0 radical (unpaired) electrons. The maximum atomic E-state index is 13.2. The normalized spacial score (nSPS) is 22.0. The van der Waals surface area contributed by atoms with Crippen LogP contribution in [0.1, 0.15) is 26.3 Å². The fraction of sp³-hybridized carbons (Fsp3) is 0.212. The molecule has 8 heteroatoms. The van der Waals surface area contributed by atoms with Gasteiger partial charge in [-0.3, -0.25) is 0 Å². The Kier molecular flexibility index (Phi) is 9.82. The summed E-state index contributed by atoms with van der Waals surface area (Å²) in [5, 5.41) is 11.5. The minimum atomic E-state index is -1.33. The number of carbonyl (C=O) groups is 2. The Morgan fingerprint density at radius 3 is 1.73 bits per heavy atom. The van der Waals surface area contributed by atoms with Gasteiger partial charge >= 0.3 is 11.9 Å². The van der Waals surface area contributed by atoms with Crippen LogP contribution in [0.25, 0.3) is 0 Å². The Bertz CT molecular complexity index is 1390. The topological polar surface area (TPSA) is 91.3 Å². The second kappa shape index (κ2) is 14.1. The molecule has 3 unspecified atom stereocenters. The molecule has 1 fully saturated rings. The van der Waals surface area contributed by atoms with Gasteiger partial charge in [-0.15, -0.1) is 0 Å². The van der Waals surface area contributed by atoms with E-state index in [1.165, 1.54) is 11.8 Å². The molecular weight excluding hydrogens is 540 g/mol. The minimum absolute atomic E-state index is 0.0284. The van der Waals surface area contributed by atoms with E-state index in [2.05, 4.69) is 0 Å². The first-order chi connectivity index (χ1) is 20.1. The second-order valence-corrected chi connectivity index (χ2v) is 10.6. The van der Waals surface area contributed by atoms with Crippen LogP contribution in [0.3, 0.4) is 0 Å². The number of aliphatic hydroxyl groups is 1. The van der Waals surface area contributed by atoms with Gasteiger partial charge in [0.2, 0.25) is 0 Å². The first-order valence-electron chi connectivity index (χ1n) is 13.3. The highest BCUT2D eigenvalue weighted by Crippen LogP contribution is 2.37. The van der Waals surface area contributed by atoms with E-state index in [9.17, 15) is 14.7 Å². The number of hydrogen-bond acceptors (Lipinski definition) is 8. The number of ether oxygens (including phenoxy) is 4. The van der Waals surface area contributed by atoms with Gasteiger partial charge in [-0.2, -0.15) is 0 Å². The number of hydrogen-bond donors (Lipinski definition) is 1. The third-order valence-corrected chi connectivity index (χ3v) is 7.67. The van der Waals surface area contributed by atoms with Crippen molar-refractivity contribution in [2.24, 2.45) is 0 Å². The van der Waals surface area contributed by atoms with Crippen LogP contribution in [0.2, 0.25) is 0 Å². The summed E-state index contributed by atoms with van der Waals surface area (Å²) >= 11 is 1.31. The Morgan fingerprint density at radius 1 is 0.683 bits per heavy atom. The molecule has 1 aliphatic heterocycles. The smallest absolute Gasteiger partial charge is 0.338 e. The maximum absolute atomic E-state index is 13.2. The molecule has 4 aromatic rings. The van der Waals surface area contributed by atoms with E-state index in [4.69, 9.17) is 18.9 Å². The van der Waals surface area contributed by atoms with E-state index >= 15 is 0 Å². The average molecular weight is 571 g/mol. The molecule has 210 valence electrons. The summed E-state index contributed by atoms with van der Waals surface area (Å²) in [7, 11) is 0. The van der Waals surface area contributed by atoms with Crippen molar-refractivity contribution in [3.8, 4) is 0 Å². The van der Waals surface area contributed by atoms with Gasteiger partial charge in [0.1, 0.15) is 17.6 Å². The molecule has 1 saturated heterocycles. The number of aliphatic hydroxyl groups excluding tert-OH is 1. The van der Waals surface area contributed by atoms with Gasteiger partial charge in [0.05, 0.1) is 24.3 Å². The fourth-order valence-electron chi connectivity index (χ4n) is 4.42. The van der Waals surface area contributed by atoms with Crippen LogP contribution < -0.4 is 0 Å². The maximum Gasteiger partial charge on any atom is 0.338 e. The molecule has 1 heterocycles. The van der Waals surface area contributed by atoms with Gasteiger partial charge in [0, 0.05) is 4.90 Å². The molecule has 4 aromatic carbocycles. The van der Waals surface area contributed by atoms with E-state index in [0.29, 0.717) is 17.7 Å². The molecule has 41 heavy (non-hydrogen) atoms. The Morgan fingerprint density at radius 2 is 1.17 bits per heavy atom. The summed E-state index contributed by atoms with van der Waals surface area (Å²) in [6.07, 6.45) is -4.54. The number of esters is 2. The van der Waals surface area contributed by atoms with E-state index in [1.807, 2.05) is 60.7 Å². The first-order valence-corrected chi connectivity index (χ1v) is 14.2. The average Bonchev–Trinajstić information content (AvgIpc) is 3.02. The summed E-state index contributed by atoms with van der Waals surface area (Å²) in [6.45, 7) is 0.339. The van der Waals surface area contributed by atoms with Crippen LogP contribution in [-0.2, 0) is 25.6 Å². The van der Waals surface area contributed by atoms with Gasteiger partial charge in [-0.1, -0.05) is 96.7 Å². The molecule has 0 amide bonds. The SMILES string of the molecule is O=C(OC1C(OC(=O)c2ccccc2)[C@H](Sc2ccccc2)OC(COCc2ccccc2)[C@H]1O)c1ccccc1. The van der Waals surface area contributed by atoms with Crippen molar-refractivity contribution in [2.75, 3.05) is 6.61 Å². The van der Waals surface area contributed by atoms with Crippen molar-refractivity contribution >= 4 is 23.7 Å². The standard InChI is InChI=1S/C33H30O7S/c34-28-27(22-37-21-23-13-5-1-6-14-23)38-33(41-26-19-11-4-12-20-26)30(40-32(36)25-17-9-3-10-18-25)29(28)39-31(35)24-15-7-2-8-16-24/h1-20,27-30,33-34H,21-22H2/t27?,28-,29?,30?,33+/m1/s1. The number of thioether (sulfide) groups is 1. The summed E-state index contributed by atoms with van der Waals surface area (Å²) in [5.74, 6) is -1.27. The number of rotatable bonds is 10. The molecule has 5 atom stereocenters. The zero-order valence-electron chi connectivity index (χ0n) is 22.2. The lowest BCUT2D eigenvalue weighted by Gasteiger charge is -2.43. The molecule has 0 saturated carbocycles. The van der Waals surface area contributed by atoms with Crippen LogP contribution in [-0.4, -0.2) is 53.5 Å². The molecule has 0 bridgehead atoms. The second-order valence-electron chi connectivity index (χ2n) is 9.44. The van der Waals surface area contributed by atoms with E-state index < -0.39 is 41.8 Å². The highest BCUT2D eigenvalue weighted by atomic mass is 32.2. The van der Waals surface area contributed by atoms with Gasteiger partial charge in [-0.05, 0) is 42.0 Å². The number of benzene rings is 4. The van der Waals surface area contributed by atoms with E-state index in [0.717, 1.165) is 10.5 Å². The van der Waals surface area contributed by atoms with Crippen molar-refractivity contribution in [1.29, 1.82) is 0 Å². The van der Waals surface area contributed by atoms with Crippen molar-refractivity contribution in [3.05, 3.63) is 138 Å². The molecule has 0 aliphatic carbocycles. The quantitative estimate of drug-likeness (QED) is 0.249. The number of carbonyl (C=O) groups excluding carboxylic acids is 2. The van der Waals surface area contributed by atoms with E-state index in [1.54, 1.807) is 60.7 Å². The lowest BCUT2D eigenvalue weighted by molar-refractivity contribution is -0.211. The van der Waals surface area contributed by atoms with Crippen LogP contribution in [0.4, 0.5) is 0 Å². The van der Waals surface area contributed by atoms with Crippen molar-refractivity contribution in [1.82, 2.24) is 0 Å². The highest BCUT2D eigenvalue weighted by Gasteiger charge is 2.50. The van der Waals surface area contributed by atoms with Crippen molar-refractivity contribution < 1.29 is 33.6 Å². The van der Waals surface area contributed by atoms with E-state index in [-0.39, 0.29) is 6.61 Å². The molecular formula is C33H30O7S. The Hall–Kier alpha value is -3.95. The summed E-state index contributed by atoms with van der Waals surface area (Å²) < 4.78 is 24.1. The monoisotopic (exact) mass is 570 g/mol. The molecule has 5 rings (SSSR count). The Labute approximate surface area is 243 Å². The third kappa shape index (κ3) is 7.62. The lowest BCUT2D eigenvalue weighted by atomic mass is 9.99. The largest absolute Gasteiger partial charge is 0.452 e. The van der Waals surface area contributed by atoms with Crippen LogP contribution in [0.5, 0.6) is 0 Å². The zero-order valence-corrected chi connectivity index (χ0v) is 23.0. The molecule has 1 aliphatic rings. The highest BCUT2D eigenvalue weighted by molar-refractivity contribution is 7.99. The molecule has 1 N–H and O–H groups in total. The van der Waals surface area contributed by atoms with Gasteiger partial charge < -0.3 is 24.1 Å². The molecule has 7 nitrogen and oxygen atoms in total. The predicted octanol–water partition coefficient (Wildman–Crippen LogP) is 5.53. The van der Waals surface area contributed by atoms with Crippen molar-refractivity contribution in [3.63, 3.8) is 0 Å². The van der Waals surface area contributed by atoms with Gasteiger partial charge in [0.15, 0.2) is 12.2 Å². The third-order valence-electron chi connectivity index (χ3n) is 6.51. The van der Waals surface area contributed by atoms with Crippen LogP contribution in [0, 0.1) is 0 Å². The predicted molar refractivity (Wildman–Crippen MR) is 154 cm³/mol. The minimum Gasteiger partial charge on any atom is -0.452 e. The zero-order chi connectivity index (χ0) is 28.4. The molecule has 0 aromatic heterocycles. The summed E-state index contributed by atoms with van der Waals surface area (Å²) in [4.78, 5) is 27.2. The van der Waals surface area contributed by atoms with Crippen molar-refractivity contribution in [2.45, 2.75) is 41.4 Å². The molecule has 0 spiro atoms. The summed E-state index contributed by atoms with van der Waals surface area (Å²) in [5.41, 5.74) is 0.789. The van der Waals surface area contributed by atoms with Crippen LogP contribution >= 0.6 is 11.8 Å². The Balaban J connectivity index is 1.43. The first kappa shape index (κ1) is 28.6. The van der Waals surface area contributed by atoms with Gasteiger partial charge in [0.25, 0.3) is 0 Å². The summed E-state index contributed by atoms with van der Waals surface area (Å²) in [6, 6.07) is 36.1. The lowest BCUT2D eigenvalue weighted by Crippen LogP contribution is -2.60. The van der Waals surface area contributed by atoms with Gasteiger partial charge in [-0.25, -0.2) is 9.59 Å².